The second-order valence-electron chi connectivity index (χ2n) is 4.57. The summed E-state index contributed by atoms with van der Waals surface area (Å²) in [5.74, 6) is 0. The van der Waals surface area contributed by atoms with Crippen molar-refractivity contribution in [2.24, 2.45) is 0 Å². The molecule has 0 saturated carbocycles. The number of aryl methyl sites for hydroxylation is 1. The van der Waals surface area contributed by atoms with Crippen molar-refractivity contribution < 1.29 is 0 Å². The fraction of sp³-hybridized carbons (Fsp3) is 0.400. The van der Waals surface area contributed by atoms with Gasteiger partial charge in [-0.3, -0.25) is 4.68 Å². The molecule has 0 amide bonds. The van der Waals surface area contributed by atoms with Gasteiger partial charge in [0.1, 0.15) is 0 Å². The maximum Gasteiger partial charge on any atom is 0.0568 e. The summed E-state index contributed by atoms with van der Waals surface area (Å²) >= 11 is 6.33. The van der Waals surface area contributed by atoms with E-state index in [9.17, 15) is 0 Å². The Morgan fingerprint density at radius 1 is 1.26 bits per heavy atom. The van der Waals surface area contributed by atoms with Crippen molar-refractivity contribution in [1.29, 1.82) is 0 Å². The third-order valence-corrected chi connectivity index (χ3v) is 3.44. The highest BCUT2D eigenvalue weighted by molar-refractivity contribution is 6.31. The number of aromatic nitrogens is 2. The van der Waals surface area contributed by atoms with Gasteiger partial charge in [-0.2, -0.15) is 5.10 Å². The van der Waals surface area contributed by atoms with Gasteiger partial charge >= 0.3 is 0 Å². The molecule has 0 saturated heterocycles. The van der Waals surface area contributed by atoms with E-state index in [-0.39, 0.29) is 0 Å². The second kappa shape index (κ2) is 6.73. The summed E-state index contributed by atoms with van der Waals surface area (Å²) in [5, 5.41) is 8.46. The fourth-order valence-electron chi connectivity index (χ4n) is 1.96. The van der Waals surface area contributed by atoms with Crippen LogP contribution in [0.3, 0.4) is 0 Å². The van der Waals surface area contributed by atoms with Gasteiger partial charge in [-0.25, -0.2) is 0 Å². The number of rotatable bonds is 6. The van der Waals surface area contributed by atoms with E-state index in [1.165, 1.54) is 0 Å². The molecule has 0 bridgehead atoms. The molecule has 0 aliphatic carbocycles. The minimum atomic E-state index is 0.811. The Hall–Kier alpha value is -1.32. The van der Waals surface area contributed by atoms with Crippen LogP contribution < -0.4 is 5.32 Å². The third kappa shape index (κ3) is 3.58. The van der Waals surface area contributed by atoms with Crippen molar-refractivity contribution in [3.8, 4) is 11.1 Å². The first-order chi connectivity index (χ1) is 9.24. The van der Waals surface area contributed by atoms with Crippen LogP contribution in [0.5, 0.6) is 0 Å². The lowest BCUT2D eigenvalue weighted by molar-refractivity contribution is 0.660. The van der Waals surface area contributed by atoms with Gasteiger partial charge in [0.25, 0.3) is 0 Å². The molecule has 0 radical (unpaired) electrons. The van der Waals surface area contributed by atoms with E-state index in [0.29, 0.717) is 0 Å². The van der Waals surface area contributed by atoms with E-state index in [2.05, 4.69) is 36.4 Å². The molecule has 0 aliphatic rings. The van der Waals surface area contributed by atoms with Gasteiger partial charge in [-0.1, -0.05) is 30.7 Å². The molecule has 4 heteroatoms. The second-order valence-corrected chi connectivity index (χ2v) is 4.97. The van der Waals surface area contributed by atoms with Crippen molar-refractivity contribution >= 4 is 11.6 Å². The third-order valence-electron chi connectivity index (χ3n) is 3.09. The number of nitrogens with zero attached hydrogens (tertiary/aromatic N) is 2. The molecule has 102 valence electrons. The van der Waals surface area contributed by atoms with E-state index in [0.717, 1.165) is 47.8 Å². The van der Waals surface area contributed by atoms with Crippen LogP contribution in [0, 0.1) is 0 Å². The quantitative estimate of drug-likeness (QED) is 0.816. The number of halogens is 1. The lowest BCUT2D eigenvalue weighted by Crippen LogP contribution is -2.13. The lowest BCUT2D eigenvalue weighted by Gasteiger charge is -2.07. The van der Waals surface area contributed by atoms with Gasteiger partial charge in [0, 0.05) is 29.9 Å². The van der Waals surface area contributed by atoms with Gasteiger partial charge in [-0.05, 0) is 37.1 Å². The fourth-order valence-corrected chi connectivity index (χ4v) is 2.20. The van der Waals surface area contributed by atoms with Gasteiger partial charge in [0.05, 0.1) is 6.20 Å². The average Bonchev–Trinajstić information content (AvgIpc) is 2.89. The van der Waals surface area contributed by atoms with Gasteiger partial charge in [0.2, 0.25) is 0 Å². The SMILES string of the molecule is CCCNCc1ccc(-c2cnn(CC)c2)cc1Cl. The zero-order chi connectivity index (χ0) is 13.7. The summed E-state index contributed by atoms with van der Waals surface area (Å²) in [5.41, 5.74) is 3.36. The van der Waals surface area contributed by atoms with E-state index in [1.54, 1.807) is 0 Å². The van der Waals surface area contributed by atoms with Crippen LogP contribution in [0.25, 0.3) is 11.1 Å². The van der Waals surface area contributed by atoms with Crippen molar-refractivity contribution in [3.05, 3.63) is 41.2 Å². The van der Waals surface area contributed by atoms with Crippen LogP contribution >= 0.6 is 11.6 Å². The van der Waals surface area contributed by atoms with Crippen molar-refractivity contribution in [1.82, 2.24) is 15.1 Å². The molecule has 1 heterocycles. The smallest absolute Gasteiger partial charge is 0.0568 e. The molecule has 0 unspecified atom stereocenters. The minimum Gasteiger partial charge on any atom is -0.313 e. The molecule has 19 heavy (non-hydrogen) atoms. The predicted molar refractivity (Wildman–Crippen MR) is 80.3 cm³/mol. The standard InChI is InChI=1S/C15H20ClN3/c1-3-7-17-9-13-6-5-12(8-15(13)16)14-10-18-19(4-2)11-14/h5-6,8,10-11,17H,3-4,7,9H2,1-2H3. The summed E-state index contributed by atoms with van der Waals surface area (Å²) in [7, 11) is 0. The number of hydrogen-bond acceptors (Lipinski definition) is 2. The molecule has 2 rings (SSSR count). The van der Waals surface area contributed by atoms with Crippen molar-refractivity contribution in [2.45, 2.75) is 33.4 Å². The van der Waals surface area contributed by atoms with Crippen LogP contribution in [-0.4, -0.2) is 16.3 Å². The Kier molecular flexibility index (Phi) is 5.00. The van der Waals surface area contributed by atoms with Gasteiger partial charge < -0.3 is 5.32 Å². The average molecular weight is 278 g/mol. The molecule has 1 aromatic carbocycles. The Morgan fingerprint density at radius 3 is 2.74 bits per heavy atom. The highest BCUT2D eigenvalue weighted by atomic mass is 35.5. The highest BCUT2D eigenvalue weighted by Crippen LogP contribution is 2.25. The van der Waals surface area contributed by atoms with E-state index in [4.69, 9.17) is 11.6 Å². The summed E-state index contributed by atoms with van der Waals surface area (Å²) in [4.78, 5) is 0. The van der Waals surface area contributed by atoms with Gasteiger partial charge in [0.15, 0.2) is 0 Å². The minimum absolute atomic E-state index is 0.811. The number of hydrogen-bond donors (Lipinski definition) is 1. The topological polar surface area (TPSA) is 29.9 Å². The Morgan fingerprint density at radius 2 is 2.11 bits per heavy atom. The molecule has 0 aliphatic heterocycles. The molecule has 1 aromatic heterocycles. The van der Waals surface area contributed by atoms with E-state index >= 15 is 0 Å². The first-order valence-electron chi connectivity index (χ1n) is 6.76. The molecular formula is C15H20ClN3. The van der Waals surface area contributed by atoms with Crippen LogP contribution in [0.2, 0.25) is 5.02 Å². The highest BCUT2D eigenvalue weighted by Gasteiger charge is 2.05. The molecule has 0 atom stereocenters. The zero-order valence-corrected chi connectivity index (χ0v) is 12.2. The van der Waals surface area contributed by atoms with Crippen LogP contribution in [0.1, 0.15) is 25.8 Å². The lowest BCUT2D eigenvalue weighted by atomic mass is 10.1. The van der Waals surface area contributed by atoms with Gasteiger partial charge in [-0.15, -0.1) is 0 Å². The summed E-state index contributed by atoms with van der Waals surface area (Å²) in [6.45, 7) is 6.95. The van der Waals surface area contributed by atoms with Crippen molar-refractivity contribution in [2.75, 3.05) is 6.54 Å². The molecule has 2 aromatic rings. The van der Waals surface area contributed by atoms with Crippen molar-refractivity contribution in [3.63, 3.8) is 0 Å². The maximum absolute atomic E-state index is 6.33. The van der Waals surface area contributed by atoms with E-state index < -0.39 is 0 Å². The number of benzene rings is 1. The van der Waals surface area contributed by atoms with Crippen LogP contribution in [0.15, 0.2) is 30.6 Å². The summed E-state index contributed by atoms with van der Waals surface area (Å²) < 4.78 is 1.92. The molecule has 0 fully saturated rings. The Bertz CT molecular complexity index is 534. The van der Waals surface area contributed by atoms with Crippen LogP contribution in [-0.2, 0) is 13.1 Å². The summed E-state index contributed by atoms with van der Waals surface area (Å²) in [6, 6.07) is 6.21. The normalized spacial score (nSPS) is 10.9. The molecular weight excluding hydrogens is 258 g/mol. The predicted octanol–water partition coefficient (Wildman–Crippen LogP) is 3.72. The molecule has 3 nitrogen and oxygen atoms in total. The van der Waals surface area contributed by atoms with E-state index in [1.807, 2.05) is 23.1 Å². The van der Waals surface area contributed by atoms with Crippen LogP contribution in [0.4, 0.5) is 0 Å². The Labute approximate surface area is 119 Å². The maximum atomic E-state index is 6.33. The monoisotopic (exact) mass is 277 g/mol. The zero-order valence-electron chi connectivity index (χ0n) is 11.5. The first-order valence-corrected chi connectivity index (χ1v) is 7.14. The summed E-state index contributed by atoms with van der Waals surface area (Å²) in [6.07, 6.45) is 5.05. The molecule has 0 spiro atoms. The Balaban J connectivity index is 2.13. The molecule has 1 N–H and O–H groups in total. The first kappa shape index (κ1) is 14.1. The number of nitrogens with one attached hydrogen (secondary N) is 1. The largest absolute Gasteiger partial charge is 0.313 e.